The predicted octanol–water partition coefficient (Wildman–Crippen LogP) is 5.94. The minimum Gasteiger partial charge on any atom is -0.508 e. The second kappa shape index (κ2) is 9.94. The summed E-state index contributed by atoms with van der Waals surface area (Å²) in [6, 6.07) is 16.7. The van der Waals surface area contributed by atoms with E-state index in [2.05, 4.69) is 54.5 Å². The average Bonchev–Trinajstić information content (AvgIpc) is 3.22. The van der Waals surface area contributed by atoms with Crippen LogP contribution in [0.5, 0.6) is 5.75 Å². The summed E-state index contributed by atoms with van der Waals surface area (Å²) in [5.41, 5.74) is 4.70. The van der Waals surface area contributed by atoms with Crippen LogP contribution in [0.4, 0.5) is 0 Å². The van der Waals surface area contributed by atoms with Crippen molar-refractivity contribution in [2.24, 2.45) is 0 Å². The Balaban J connectivity index is 1.51. The number of hydrogen-bond donors (Lipinski definition) is 2. The first-order chi connectivity index (χ1) is 15.0. The number of rotatable bonds is 7. The summed E-state index contributed by atoms with van der Waals surface area (Å²) in [4.78, 5) is 7.40. The zero-order valence-corrected chi connectivity index (χ0v) is 19.2. The molecule has 1 heterocycles. The Labute approximate surface area is 189 Å². The molecule has 5 heteroatoms. The molecule has 0 spiro atoms. The van der Waals surface area contributed by atoms with Crippen molar-refractivity contribution in [1.29, 1.82) is 0 Å². The summed E-state index contributed by atoms with van der Waals surface area (Å²) in [7, 11) is 0. The molecule has 1 saturated carbocycles. The lowest BCUT2D eigenvalue weighted by molar-refractivity contribution is 0.0661. The van der Waals surface area contributed by atoms with Crippen LogP contribution >= 0.6 is 11.3 Å². The molecule has 2 aromatic carbocycles. The van der Waals surface area contributed by atoms with E-state index in [1.165, 1.54) is 11.1 Å². The van der Waals surface area contributed by atoms with Crippen molar-refractivity contribution in [3.8, 4) is 16.3 Å². The molecule has 1 aromatic heterocycles. The highest BCUT2D eigenvalue weighted by molar-refractivity contribution is 7.13. The van der Waals surface area contributed by atoms with E-state index < -0.39 is 0 Å². The number of hydrogen-bond acceptors (Lipinski definition) is 5. The number of aromatic nitrogens is 1. The van der Waals surface area contributed by atoms with Crippen LogP contribution in [-0.2, 0) is 13.1 Å². The van der Waals surface area contributed by atoms with E-state index >= 15 is 0 Å². The van der Waals surface area contributed by atoms with Crippen LogP contribution < -0.4 is 0 Å². The first-order valence-electron chi connectivity index (χ1n) is 11.2. The van der Waals surface area contributed by atoms with E-state index in [1.54, 1.807) is 17.4 Å². The number of phenols is 1. The monoisotopic (exact) mass is 436 g/mol. The van der Waals surface area contributed by atoms with E-state index in [0.717, 1.165) is 55.0 Å². The van der Waals surface area contributed by atoms with Crippen LogP contribution in [0.2, 0.25) is 0 Å². The van der Waals surface area contributed by atoms with Crippen LogP contribution in [0, 0.1) is 0 Å². The molecule has 0 saturated heterocycles. The lowest BCUT2D eigenvalue weighted by Crippen LogP contribution is -2.38. The molecule has 3 aromatic rings. The number of benzene rings is 2. The minimum absolute atomic E-state index is 0.168. The smallest absolute Gasteiger partial charge is 0.123 e. The van der Waals surface area contributed by atoms with Crippen molar-refractivity contribution < 1.29 is 10.2 Å². The van der Waals surface area contributed by atoms with Gasteiger partial charge in [-0.25, -0.2) is 4.98 Å². The summed E-state index contributed by atoms with van der Waals surface area (Å²) in [6.07, 6.45) is 3.53. The molecule has 0 unspecified atom stereocenters. The number of phenolic OH excluding ortho intramolecular Hbond substituents is 1. The van der Waals surface area contributed by atoms with Crippen molar-refractivity contribution in [3.05, 3.63) is 70.7 Å². The third-order valence-corrected chi connectivity index (χ3v) is 7.16. The van der Waals surface area contributed by atoms with E-state index in [9.17, 15) is 10.2 Å². The molecule has 2 N–H and O–H groups in total. The molecule has 0 radical (unpaired) electrons. The molecular formula is C26H32N2O2S. The van der Waals surface area contributed by atoms with E-state index in [0.29, 0.717) is 17.7 Å². The molecule has 0 atom stereocenters. The van der Waals surface area contributed by atoms with E-state index in [4.69, 9.17) is 4.98 Å². The molecule has 4 rings (SSSR count). The van der Waals surface area contributed by atoms with Crippen LogP contribution in [0.15, 0.2) is 53.9 Å². The zero-order chi connectivity index (χ0) is 21.8. The molecule has 0 aliphatic heterocycles. The van der Waals surface area contributed by atoms with Crippen LogP contribution in [0.1, 0.15) is 62.3 Å². The minimum atomic E-state index is -0.168. The van der Waals surface area contributed by atoms with Crippen LogP contribution in [0.25, 0.3) is 10.6 Å². The third kappa shape index (κ3) is 5.73. The number of aromatic hydroxyl groups is 1. The topological polar surface area (TPSA) is 56.6 Å². The normalized spacial score (nSPS) is 19.3. The van der Waals surface area contributed by atoms with Gasteiger partial charge in [-0.2, -0.15) is 0 Å². The fraction of sp³-hybridized carbons (Fsp3) is 0.423. The van der Waals surface area contributed by atoms with E-state index in [-0.39, 0.29) is 6.10 Å². The van der Waals surface area contributed by atoms with Gasteiger partial charge in [0.1, 0.15) is 10.8 Å². The summed E-state index contributed by atoms with van der Waals surface area (Å²) >= 11 is 1.70. The molecule has 4 nitrogen and oxygen atoms in total. The molecule has 0 amide bonds. The van der Waals surface area contributed by atoms with Crippen molar-refractivity contribution >= 4 is 11.3 Å². The summed E-state index contributed by atoms with van der Waals surface area (Å²) in [5.74, 6) is 0.832. The van der Waals surface area contributed by atoms with Crippen LogP contribution in [0.3, 0.4) is 0 Å². The molecule has 1 aliphatic carbocycles. The highest BCUT2D eigenvalue weighted by atomic mass is 32.1. The lowest BCUT2D eigenvalue weighted by Gasteiger charge is -2.35. The quantitative estimate of drug-likeness (QED) is 0.481. The van der Waals surface area contributed by atoms with Gasteiger partial charge in [-0.3, -0.25) is 4.90 Å². The number of aliphatic hydroxyl groups is 1. The van der Waals surface area contributed by atoms with Gasteiger partial charge in [0.15, 0.2) is 0 Å². The molecular weight excluding hydrogens is 404 g/mol. The number of nitrogens with zero attached hydrogens (tertiary/aromatic N) is 2. The molecule has 1 aliphatic rings. The predicted molar refractivity (Wildman–Crippen MR) is 127 cm³/mol. The highest BCUT2D eigenvalue weighted by Gasteiger charge is 2.26. The first-order valence-corrected chi connectivity index (χ1v) is 12.1. The molecule has 164 valence electrons. The third-order valence-electron chi connectivity index (χ3n) is 6.22. The fourth-order valence-corrected chi connectivity index (χ4v) is 5.17. The lowest BCUT2D eigenvalue weighted by atomic mass is 9.91. The Hall–Kier alpha value is -2.21. The van der Waals surface area contributed by atoms with Gasteiger partial charge in [0.25, 0.3) is 0 Å². The van der Waals surface area contributed by atoms with Gasteiger partial charge in [0.05, 0.1) is 11.8 Å². The standard InChI is InChI=1S/C26H32N2O2S/c1-18(2)20-6-8-21(9-7-20)26-27-22(17-31-26)16-28(23-10-12-24(29)13-11-23)15-19-4-3-5-25(30)14-19/h3-9,14,17-18,23-24,29-30H,10-13,15-16H2,1-2H3. The Morgan fingerprint density at radius 2 is 1.77 bits per heavy atom. The Morgan fingerprint density at radius 1 is 1.03 bits per heavy atom. The second-order valence-electron chi connectivity index (χ2n) is 8.96. The first kappa shape index (κ1) is 22.0. The molecule has 1 fully saturated rings. The Morgan fingerprint density at radius 3 is 2.45 bits per heavy atom. The maximum Gasteiger partial charge on any atom is 0.123 e. The van der Waals surface area contributed by atoms with Gasteiger partial charge in [-0.05, 0) is 54.9 Å². The fourth-order valence-electron chi connectivity index (χ4n) is 4.36. The van der Waals surface area contributed by atoms with Crippen molar-refractivity contribution in [2.45, 2.75) is 70.7 Å². The number of thiazole rings is 1. The van der Waals surface area contributed by atoms with Gasteiger partial charge in [-0.15, -0.1) is 11.3 Å². The van der Waals surface area contributed by atoms with Gasteiger partial charge < -0.3 is 10.2 Å². The maximum atomic E-state index is 9.95. The molecule has 0 bridgehead atoms. The maximum absolute atomic E-state index is 9.95. The van der Waals surface area contributed by atoms with Gasteiger partial charge in [0.2, 0.25) is 0 Å². The van der Waals surface area contributed by atoms with Crippen molar-refractivity contribution in [1.82, 2.24) is 9.88 Å². The average molecular weight is 437 g/mol. The summed E-state index contributed by atoms with van der Waals surface area (Å²) < 4.78 is 0. The Bertz CT molecular complexity index is 975. The van der Waals surface area contributed by atoms with E-state index in [1.807, 2.05) is 12.1 Å². The number of aliphatic hydroxyl groups excluding tert-OH is 1. The van der Waals surface area contributed by atoms with Gasteiger partial charge >= 0.3 is 0 Å². The SMILES string of the molecule is CC(C)c1ccc(-c2nc(CN(Cc3cccc(O)c3)C3CCC(O)CC3)cs2)cc1. The highest BCUT2D eigenvalue weighted by Crippen LogP contribution is 2.29. The molecule has 31 heavy (non-hydrogen) atoms. The van der Waals surface area contributed by atoms with Crippen molar-refractivity contribution in [2.75, 3.05) is 0 Å². The summed E-state index contributed by atoms with van der Waals surface area (Å²) in [6.45, 7) is 5.96. The van der Waals surface area contributed by atoms with Gasteiger partial charge in [0, 0.05) is 30.1 Å². The van der Waals surface area contributed by atoms with Crippen LogP contribution in [-0.4, -0.2) is 32.2 Å². The second-order valence-corrected chi connectivity index (χ2v) is 9.82. The summed E-state index contributed by atoms with van der Waals surface area (Å²) in [5, 5.41) is 23.0. The van der Waals surface area contributed by atoms with Crippen molar-refractivity contribution in [3.63, 3.8) is 0 Å². The van der Waals surface area contributed by atoms with Gasteiger partial charge in [-0.1, -0.05) is 50.2 Å². The largest absolute Gasteiger partial charge is 0.508 e. The Kier molecular flexibility index (Phi) is 7.06. The zero-order valence-electron chi connectivity index (χ0n) is 18.4.